The molecule has 4 N–H and O–H groups in total. The smallest absolute Gasteiger partial charge is 0.228 e. The monoisotopic (exact) mass is 550 g/mol. The lowest BCUT2D eigenvalue weighted by Gasteiger charge is -2.22. The first kappa shape index (κ1) is 31.3. The van der Waals surface area contributed by atoms with Gasteiger partial charge in [0.1, 0.15) is 5.75 Å². The average Bonchev–Trinajstić information content (AvgIpc) is 2.96. The lowest BCUT2D eigenvalue weighted by Crippen LogP contribution is -2.22. The Hall–Kier alpha value is -3.27. The molecule has 0 heterocycles. The number of unbranched alkanes of at least 4 members (excludes halogenated alkanes) is 3. The Morgan fingerprint density at radius 1 is 0.875 bits per heavy atom. The zero-order valence-corrected chi connectivity index (χ0v) is 23.3. The Morgan fingerprint density at radius 3 is 2.40 bits per heavy atom. The Labute approximate surface area is 237 Å². The molecule has 0 aromatic heterocycles. The van der Waals surface area contributed by atoms with Crippen LogP contribution >= 0.6 is 0 Å². The molecule has 0 saturated carbocycles. The van der Waals surface area contributed by atoms with Crippen molar-refractivity contribution in [3.8, 4) is 5.75 Å². The number of nitrogens with zero attached hydrogens (tertiary/aromatic N) is 1. The number of aliphatic hydroxyl groups excluding tert-OH is 2. The van der Waals surface area contributed by atoms with E-state index in [9.17, 15) is 20.1 Å². The van der Waals surface area contributed by atoms with Crippen LogP contribution in [0.2, 0.25) is 0 Å². The first-order chi connectivity index (χ1) is 19.5. The van der Waals surface area contributed by atoms with Crippen LogP contribution in [0.15, 0.2) is 72.8 Å². The highest BCUT2D eigenvalue weighted by Crippen LogP contribution is 2.26. The van der Waals surface area contributed by atoms with Gasteiger partial charge in [0.15, 0.2) is 0 Å². The van der Waals surface area contributed by atoms with Crippen LogP contribution < -0.4 is 10.2 Å². The van der Waals surface area contributed by atoms with Crippen molar-refractivity contribution in [2.45, 2.75) is 51.9 Å². The van der Waals surface area contributed by atoms with E-state index in [1.807, 2.05) is 54.6 Å². The molecular weight excluding hydrogens is 508 g/mol. The standard InChI is InChI=1S/C32H42N2O6/c1-25(36)34(29-11-5-4-6-12-29)30-13-9-10-26(20-30)24-40-19-18-39-17-8-3-2-7-16-33-22-32(38)27-14-15-31(37)28(21-27)23-35/h4-6,9-15,20-21,32-33,35,37-38H,2-3,7-8,16-19,22-24H2,1H3/t32-/m1/s1. The largest absolute Gasteiger partial charge is 0.508 e. The van der Waals surface area contributed by atoms with E-state index in [-0.39, 0.29) is 18.3 Å². The average molecular weight is 551 g/mol. The highest BCUT2D eigenvalue weighted by Gasteiger charge is 2.14. The molecule has 8 nitrogen and oxygen atoms in total. The van der Waals surface area contributed by atoms with Crippen LogP contribution in [0, 0.1) is 0 Å². The molecule has 0 aliphatic heterocycles. The normalized spacial score (nSPS) is 11.9. The predicted molar refractivity (Wildman–Crippen MR) is 157 cm³/mol. The fourth-order valence-electron chi connectivity index (χ4n) is 4.39. The third-order valence-electron chi connectivity index (χ3n) is 6.53. The number of phenols is 1. The number of aliphatic hydroxyl groups is 2. The van der Waals surface area contributed by atoms with Crippen LogP contribution in [0.3, 0.4) is 0 Å². The number of aromatic hydroxyl groups is 1. The molecule has 0 radical (unpaired) electrons. The number of ether oxygens (including phenoxy) is 2. The second kappa shape index (κ2) is 17.4. The van der Waals surface area contributed by atoms with Gasteiger partial charge >= 0.3 is 0 Å². The van der Waals surface area contributed by atoms with Crippen molar-refractivity contribution in [2.24, 2.45) is 0 Å². The molecule has 40 heavy (non-hydrogen) atoms. The number of amides is 1. The van der Waals surface area contributed by atoms with Gasteiger partial charge in [0.2, 0.25) is 5.91 Å². The minimum absolute atomic E-state index is 0.0339. The third-order valence-corrected chi connectivity index (χ3v) is 6.53. The van der Waals surface area contributed by atoms with Gasteiger partial charge in [-0.2, -0.15) is 0 Å². The van der Waals surface area contributed by atoms with Crippen molar-refractivity contribution in [2.75, 3.05) is 37.8 Å². The number of para-hydroxylation sites is 1. The number of benzene rings is 3. The Kier molecular flexibility index (Phi) is 13.6. The molecule has 1 atom stereocenters. The molecule has 0 fully saturated rings. The maximum Gasteiger partial charge on any atom is 0.228 e. The molecule has 0 aliphatic rings. The first-order valence-electron chi connectivity index (χ1n) is 13.9. The fraction of sp³-hybridized carbons (Fsp3) is 0.406. The maximum atomic E-state index is 12.3. The van der Waals surface area contributed by atoms with E-state index < -0.39 is 6.10 Å². The molecule has 0 spiro atoms. The summed E-state index contributed by atoms with van der Waals surface area (Å²) in [6.07, 6.45) is 3.46. The summed E-state index contributed by atoms with van der Waals surface area (Å²) in [6, 6.07) is 22.2. The summed E-state index contributed by atoms with van der Waals surface area (Å²) in [6.45, 7) is 4.73. The summed E-state index contributed by atoms with van der Waals surface area (Å²) in [5.74, 6) is -0.0112. The third kappa shape index (κ3) is 10.4. The first-order valence-corrected chi connectivity index (χ1v) is 13.9. The highest BCUT2D eigenvalue weighted by atomic mass is 16.5. The second-order valence-corrected chi connectivity index (χ2v) is 9.71. The zero-order chi connectivity index (χ0) is 28.6. The van der Waals surface area contributed by atoms with Crippen molar-refractivity contribution in [3.63, 3.8) is 0 Å². The predicted octanol–water partition coefficient (Wildman–Crippen LogP) is 4.99. The summed E-state index contributed by atoms with van der Waals surface area (Å²) >= 11 is 0. The summed E-state index contributed by atoms with van der Waals surface area (Å²) < 4.78 is 11.5. The van der Waals surface area contributed by atoms with Crippen molar-refractivity contribution in [3.05, 3.63) is 89.5 Å². The minimum Gasteiger partial charge on any atom is -0.508 e. The van der Waals surface area contributed by atoms with Crippen LogP contribution in [0.5, 0.6) is 5.75 Å². The molecular formula is C32H42N2O6. The molecule has 0 aliphatic carbocycles. The van der Waals surface area contributed by atoms with E-state index in [1.165, 1.54) is 6.07 Å². The molecule has 0 bridgehead atoms. The second-order valence-electron chi connectivity index (χ2n) is 9.71. The molecule has 1 amide bonds. The lowest BCUT2D eigenvalue weighted by atomic mass is 10.1. The van der Waals surface area contributed by atoms with E-state index in [4.69, 9.17) is 9.47 Å². The van der Waals surface area contributed by atoms with E-state index in [0.717, 1.165) is 49.2 Å². The van der Waals surface area contributed by atoms with Gasteiger partial charge in [-0.05, 0) is 66.9 Å². The number of rotatable bonds is 18. The van der Waals surface area contributed by atoms with Crippen molar-refractivity contribution in [1.29, 1.82) is 0 Å². The molecule has 216 valence electrons. The van der Waals surface area contributed by atoms with Gasteiger partial charge in [-0.1, -0.05) is 49.2 Å². The summed E-state index contributed by atoms with van der Waals surface area (Å²) in [4.78, 5) is 14.0. The van der Waals surface area contributed by atoms with E-state index in [0.29, 0.717) is 44.1 Å². The Balaban J connectivity index is 1.21. The summed E-state index contributed by atoms with van der Waals surface area (Å²) in [7, 11) is 0. The van der Waals surface area contributed by atoms with Gasteiger partial charge < -0.3 is 30.1 Å². The van der Waals surface area contributed by atoms with Gasteiger partial charge in [0.25, 0.3) is 0 Å². The minimum atomic E-state index is -0.685. The van der Waals surface area contributed by atoms with Gasteiger partial charge in [-0.25, -0.2) is 0 Å². The van der Waals surface area contributed by atoms with Crippen LogP contribution in [-0.2, 0) is 27.5 Å². The van der Waals surface area contributed by atoms with Crippen LogP contribution in [0.1, 0.15) is 55.4 Å². The van der Waals surface area contributed by atoms with Gasteiger partial charge in [-0.3, -0.25) is 9.69 Å². The molecule has 0 saturated heterocycles. The number of nitrogens with one attached hydrogen (secondary N) is 1. The number of carbonyl (C=O) groups is 1. The van der Waals surface area contributed by atoms with Crippen molar-refractivity contribution < 1.29 is 29.6 Å². The van der Waals surface area contributed by atoms with E-state index >= 15 is 0 Å². The highest BCUT2D eigenvalue weighted by molar-refractivity contribution is 5.99. The topological polar surface area (TPSA) is 111 Å². The zero-order valence-electron chi connectivity index (χ0n) is 23.3. The number of anilines is 2. The Bertz CT molecular complexity index is 1160. The molecule has 3 aromatic carbocycles. The van der Waals surface area contributed by atoms with Crippen molar-refractivity contribution >= 4 is 17.3 Å². The molecule has 3 aromatic rings. The van der Waals surface area contributed by atoms with Crippen LogP contribution in [-0.4, -0.2) is 54.1 Å². The number of hydrogen-bond donors (Lipinski definition) is 4. The van der Waals surface area contributed by atoms with Crippen LogP contribution in [0.25, 0.3) is 0 Å². The molecule has 0 unspecified atom stereocenters. The SMILES string of the molecule is CC(=O)N(c1ccccc1)c1cccc(COCCOCCCCCCNC[C@@H](O)c2ccc(O)c(CO)c2)c1. The van der Waals surface area contributed by atoms with Crippen molar-refractivity contribution in [1.82, 2.24) is 5.32 Å². The summed E-state index contributed by atoms with van der Waals surface area (Å²) in [5, 5.41) is 32.4. The Morgan fingerprint density at radius 2 is 1.62 bits per heavy atom. The van der Waals surface area contributed by atoms with Gasteiger partial charge in [-0.15, -0.1) is 0 Å². The quantitative estimate of drug-likeness (QED) is 0.165. The molecule has 8 heteroatoms. The van der Waals surface area contributed by atoms with E-state index in [1.54, 1.807) is 24.0 Å². The molecule has 3 rings (SSSR count). The summed E-state index contributed by atoms with van der Waals surface area (Å²) in [5.41, 5.74) is 3.74. The van der Waals surface area contributed by atoms with E-state index in [2.05, 4.69) is 5.32 Å². The van der Waals surface area contributed by atoms with Crippen LogP contribution in [0.4, 0.5) is 11.4 Å². The van der Waals surface area contributed by atoms with Gasteiger partial charge in [0.05, 0.1) is 32.5 Å². The number of hydrogen-bond acceptors (Lipinski definition) is 7. The lowest BCUT2D eigenvalue weighted by molar-refractivity contribution is -0.115. The number of carbonyl (C=O) groups excluding carboxylic acids is 1. The maximum absolute atomic E-state index is 12.3. The fourth-order valence-corrected chi connectivity index (χ4v) is 4.39. The van der Waals surface area contributed by atoms with Gasteiger partial charge in [0, 0.05) is 37.0 Å².